The van der Waals surface area contributed by atoms with Crippen LogP contribution in [0.15, 0.2) is 42.5 Å². The minimum Gasteiger partial charge on any atom is -0.304 e. The molecule has 0 radical (unpaired) electrons. The van der Waals surface area contributed by atoms with E-state index in [1.807, 2.05) is 16.5 Å². The highest BCUT2D eigenvalue weighted by Crippen LogP contribution is 2.22. The predicted octanol–water partition coefficient (Wildman–Crippen LogP) is 4.01. The predicted molar refractivity (Wildman–Crippen MR) is 90.9 cm³/mol. The molecule has 0 bridgehead atoms. The van der Waals surface area contributed by atoms with Crippen LogP contribution in [0.25, 0.3) is 16.8 Å². The summed E-state index contributed by atoms with van der Waals surface area (Å²) < 4.78 is 4.84. The molecule has 22 heavy (non-hydrogen) atoms. The average Bonchev–Trinajstić information content (AvgIpc) is 3.03. The van der Waals surface area contributed by atoms with Crippen LogP contribution in [0.1, 0.15) is 16.7 Å². The van der Waals surface area contributed by atoms with Gasteiger partial charge in [-0.1, -0.05) is 35.9 Å². The number of aryl methyl sites for hydroxylation is 2. The SMILES string of the molecule is Cc1ccc(C)c(Cn2c3ccccc3n3c(=S)[nH]nc23)c1. The van der Waals surface area contributed by atoms with Gasteiger partial charge in [0.1, 0.15) is 0 Å². The van der Waals surface area contributed by atoms with Crippen molar-refractivity contribution in [3.05, 3.63) is 63.9 Å². The summed E-state index contributed by atoms with van der Waals surface area (Å²) in [5, 5.41) is 7.31. The number of para-hydroxylation sites is 2. The summed E-state index contributed by atoms with van der Waals surface area (Å²) in [6.07, 6.45) is 0. The number of fused-ring (bicyclic) bond motifs is 3. The monoisotopic (exact) mass is 308 g/mol. The fourth-order valence-electron chi connectivity index (χ4n) is 2.97. The molecule has 4 nitrogen and oxygen atoms in total. The lowest BCUT2D eigenvalue weighted by Gasteiger charge is -2.09. The summed E-state index contributed by atoms with van der Waals surface area (Å²) in [4.78, 5) is 0. The highest BCUT2D eigenvalue weighted by atomic mass is 32.1. The second-order valence-corrected chi connectivity index (χ2v) is 6.06. The number of H-pyrrole nitrogens is 1. The second kappa shape index (κ2) is 4.81. The third-order valence-corrected chi connectivity index (χ3v) is 4.42. The van der Waals surface area contributed by atoms with E-state index in [0.717, 1.165) is 23.4 Å². The van der Waals surface area contributed by atoms with Crippen molar-refractivity contribution in [2.45, 2.75) is 20.4 Å². The van der Waals surface area contributed by atoms with Crippen molar-refractivity contribution in [3.63, 3.8) is 0 Å². The molecule has 0 amide bonds. The van der Waals surface area contributed by atoms with Crippen molar-refractivity contribution in [3.8, 4) is 0 Å². The van der Waals surface area contributed by atoms with Crippen LogP contribution in [0.3, 0.4) is 0 Å². The van der Waals surface area contributed by atoms with Crippen molar-refractivity contribution < 1.29 is 0 Å². The molecule has 0 saturated heterocycles. The fourth-order valence-corrected chi connectivity index (χ4v) is 3.20. The summed E-state index contributed by atoms with van der Waals surface area (Å²) in [6, 6.07) is 14.8. The minimum atomic E-state index is 0.630. The molecule has 0 spiro atoms. The van der Waals surface area contributed by atoms with Crippen molar-refractivity contribution in [2.75, 3.05) is 0 Å². The Morgan fingerprint density at radius 1 is 1.09 bits per heavy atom. The summed E-state index contributed by atoms with van der Waals surface area (Å²) in [5.41, 5.74) is 6.09. The van der Waals surface area contributed by atoms with Crippen LogP contribution in [0, 0.1) is 18.6 Å². The van der Waals surface area contributed by atoms with E-state index in [4.69, 9.17) is 12.2 Å². The van der Waals surface area contributed by atoms with Gasteiger partial charge in [0, 0.05) is 0 Å². The van der Waals surface area contributed by atoms with E-state index >= 15 is 0 Å². The van der Waals surface area contributed by atoms with Crippen LogP contribution in [0.5, 0.6) is 0 Å². The zero-order valence-electron chi connectivity index (χ0n) is 12.5. The lowest BCUT2D eigenvalue weighted by Crippen LogP contribution is -2.02. The Morgan fingerprint density at radius 2 is 1.86 bits per heavy atom. The molecule has 4 aromatic rings. The number of benzene rings is 2. The van der Waals surface area contributed by atoms with E-state index in [1.54, 1.807) is 0 Å². The lowest BCUT2D eigenvalue weighted by atomic mass is 10.1. The smallest absolute Gasteiger partial charge is 0.235 e. The molecule has 5 heteroatoms. The molecule has 0 unspecified atom stereocenters. The number of aromatic amines is 1. The first-order valence-electron chi connectivity index (χ1n) is 7.25. The van der Waals surface area contributed by atoms with E-state index in [0.29, 0.717) is 4.77 Å². The van der Waals surface area contributed by atoms with Crippen LogP contribution < -0.4 is 0 Å². The molecular formula is C17H16N4S. The Kier molecular flexibility index (Phi) is 2.90. The second-order valence-electron chi connectivity index (χ2n) is 5.67. The molecule has 4 rings (SSSR count). The molecule has 2 aromatic carbocycles. The van der Waals surface area contributed by atoms with Gasteiger partial charge in [-0.05, 0) is 49.3 Å². The molecule has 0 saturated carbocycles. The normalized spacial score (nSPS) is 11.5. The van der Waals surface area contributed by atoms with E-state index in [9.17, 15) is 0 Å². The van der Waals surface area contributed by atoms with Crippen molar-refractivity contribution >= 4 is 29.0 Å². The van der Waals surface area contributed by atoms with Crippen molar-refractivity contribution in [1.29, 1.82) is 0 Å². The zero-order valence-corrected chi connectivity index (χ0v) is 13.3. The molecule has 110 valence electrons. The van der Waals surface area contributed by atoms with Gasteiger partial charge in [0.2, 0.25) is 10.5 Å². The van der Waals surface area contributed by atoms with Gasteiger partial charge >= 0.3 is 0 Å². The Balaban J connectivity index is 2.00. The molecule has 2 aromatic heterocycles. The number of nitrogens with one attached hydrogen (secondary N) is 1. The Morgan fingerprint density at radius 3 is 2.68 bits per heavy atom. The minimum absolute atomic E-state index is 0.630. The Bertz CT molecular complexity index is 1050. The number of imidazole rings is 1. The van der Waals surface area contributed by atoms with Crippen LogP contribution >= 0.6 is 12.2 Å². The maximum absolute atomic E-state index is 5.37. The van der Waals surface area contributed by atoms with Gasteiger partial charge in [-0.2, -0.15) is 0 Å². The van der Waals surface area contributed by atoms with E-state index in [-0.39, 0.29) is 0 Å². The van der Waals surface area contributed by atoms with E-state index in [1.165, 1.54) is 16.7 Å². The molecule has 2 heterocycles. The van der Waals surface area contributed by atoms with Gasteiger partial charge in [-0.3, -0.25) is 4.40 Å². The zero-order chi connectivity index (χ0) is 15.3. The van der Waals surface area contributed by atoms with E-state index in [2.05, 4.69) is 58.9 Å². The molecule has 1 N–H and O–H groups in total. The quantitative estimate of drug-likeness (QED) is 0.568. The first-order valence-corrected chi connectivity index (χ1v) is 7.66. The van der Waals surface area contributed by atoms with Crippen LogP contribution in [0.4, 0.5) is 0 Å². The molecule has 0 aliphatic rings. The largest absolute Gasteiger partial charge is 0.304 e. The van der Waals surface area contributed by atoms with Crippen molar-refractivity contribution in [1.82, 2.24) is 19.2 Å². The third-order valence-electron chi connectivity index (χ3n) is 4.14. The molecule has 0 aliphatic heterocycles. The Hall–Kier alpha value is -2.40. The maximum atomic E-state index is 5.37. The standard InChI is InChI=1S/C17H16N4S/c1-11-7-8-12(2)13(9-11)10-20-14-5-3-4-6-15(14)21-16(20)18-19-17(21)22/h3-9H,10H2,1-2H3,(H,19,22). The summed E-state index contributed by atoms with van der Waals surface area (Å²) in [5.74, 6) is 0.854. The highest BCUT2D eigenvalue weighted by molar-refractivity contribution is 7.71. The van der Waals surface area contributed by atoms with Gasteiger partial charge in [0.25, 0.3) is 0 Å². The number of hydrogen-bond donors (Lipinski definition) is 1. The average molecular weight is 308 g/mol. The molecule has 0 aliphatic carbocycles. The highest BCUT2D eigenvalue weighted by Gasteiger charge is 2.13. The topological polar surface area (TPSA) is 38.0 Å². The summed E-state index contributed by atoms with van der Waals surface area (Å²) in [6.45, 7) is 5.05. The van der Waals surface area contributed by atoms with Crippen LogP contribution in [0.2, 0.25) is 0 Å². The maximum Gasteiger partial charge on any atom is 0.235 e. The van der Waals surface area contributed by atoms with Crippen LogP contribution in [-0.4, -0.2) is 19.2 Å². The van der Waals surface area contributed by atoms with Crippen LogP contribution in [-0.2, 0) is 6.54 Å². The van der Waals surface area contributed by atoms with Gasteiger partial charge in [-0.15, -0.1) is 5.10 Å². The van der Waals surface area contributed by atoms with E-state index < -0.39 is 0 Å². The number of rotatable bonds is 2. The number of nitrogens with zero attached hydrogens (tertiary/aromatic N) is 3. The number of hydrogen-bond acceptors (Lipinski definition) is 2. The summed E-state index contributed by atoms with van der Waals surface area (Å²) >= 11 is 5.37. The van der Waals surface area contributed by atoms with Gasteiger partial charge in [0.15, 0.2) is 0 Å². The summed E-state index contributed by atoms with van der Waals surface area (Å²) in [7, 11) is 0. The molecular weight excluding hydrogens is 292 g/mol. The number of aromatic nitrogens is 4. The Labute approximate surface area is 133 Å². The molecule has 0 atom stereocenters. The third kappa shape index (κ3) is 1.89. The van der Waals surface area contributed by atoms with Gasteiger partial charge in [0.05, 0.1) is 17.6 Å². The fraction of sp³-hybridized carbons (Fsp3) is 0.176. The first-order chi connectivity index (χ1) is 10.6. The van der Waals surface area contributed by atoms with Crippen molar-refractivity contribution in [2.24, 2.45) is 0 Å². The van der Waals surface area contributed by atoms with Gasteiger partial charge in [-0.25, -0.2) is 5.10 Å². The first kappa shape index (κ1) is 13.3. The molecule has 0 fully saturated rings. The lowest BCUT2D eigenvalue weighted by molar-refractivity contribution is 0.832. The van der Waals surface area contributed by atoms with Gasteiger partial charge < -0.3 is 4.57 Å².